The highest BCUT2D eigenvalue weighted by molar-refractivity contribution is 7.15. The Hall–Kier alpha value is -0.650. The van der Waals surface area contributed by atoms with Crippen LogP contribution in [0.1, 0.15) is 36.3 Å². The van der Waals surface area contributed by atoms with E-state index in [4.69, 9.17) is 15.5 Å². The predicted molar refractivity (Wildman–Crippen MR) is 74.1 cm³/mol. The second-order valence-electron chi connectivity index (χ2n) is 5.16. The third-order valence-electron chi connectivity index (χ3n) is 4.04. The van der Waals surface area contributed by atoms with Crippen LogP contribution in [0.5, 0.6) is 0 Å². The standard InChI is InChI=1S/C13H21N3OS/c1-9-12(8-14)18-13(15-9)16-6-7-17-11-5-3-2-4-10(11)16/h10-11H,2-8,14H2,1H3. The molecule has 1 aliphatic heterocycles. The van der Waals surface area contributed by atoms with E-state index in [-0.39, 0.29) is 0 Å². The van der Waals surface area contributed by atoms with Crippen molar-refractivity contribution in [3.8, 4) is 0 Å². The molecule has 2 N–H and O–H groups in total. The minimum atomic E-state index is 0.415. The minimum absolute atomic E-state index is 0.415. The molecule has 0 amide bonds. The van der Waals surface area contributed by atoms with Crippen LogP contribution in [-0.4, -0.2) is 30.3 Å². The van der Waals surface area contributed by atoms with Crippen LogP contribution < -0.4 is 10.6 Å². The van der Waals surface area contributed by atoms with Crippen LogP contribution in [0.4, 0.5) is 5.13 Å². The summed E-state index contributed by atoms with van der Waals surface area (Å²) in [6, 6.07) is 0.531. The van der Waals surface area contributed by atoms with Gasteiger partial charge in [-0.15, -0.1) is 11.3 Å². The van der Waals surface area contributed by atoms with Gasteiger partial charge in [0.05, 0.1) is 24.4 Å². The second kappa shape index (κ2) is 5.15. The number of thiazole rings is 1. The number of fused-ring (bicyclic) bond motifs is 1. The van der Waals surface area contributed by atoms with Crippen molar-refractivity contribution >= 4 is 16.5 Å². The van der Waals surface area contributed by atoms with Crippen molar-refractivity contribution in [3.63, 3.8) is 0 Å². The lowest BCUT2D eigenvalue weighted by atomic mass is 9.90. The highest BCUT2D eigenvalue weighted by Gasteiger charge is 2.35. The first-order valence-corrected chi connectivity index (χ1v) is 7.66. The summed E-state index contributed by atoms with van der Waals surface area (Å²) >= 11 is 1.76. The van der Waals surface area contributed by atoms with Crippen molar-refractivity contribution in [1.82, 2.24) is 4.98 Å². The van der Waals surface area contributed by atoms with E-state index >= 15 is 0 Å². The van der Waals surface area contributed by atoms with Crippen LogP contribution in [0.25, 0.3) is 0 Å². The molecule has 1 aromatic rings. The molecule has 4 nitrogen and oxygen atoms in total. The van der Waals surface area contributed by atoms with E-state index in [0.29, 0.717) is 18.7 Å². The van der Waals surface area contributed by atoms with Gasteiger partial charge in [-0.2, -0.15) is 0 Å². The maximum atomic E-state index is 5.91. The van der Waals surface area contributed by atoms with E-state index in [1.165, 1.54) is 30.6 Å². The largest absolute Gasteiger partial charge is 0.374 e. The van der Waals surface area contributed by atoms with E-state index < -0.39 is 0 Å². The van der Waals surface area contributed by atoms with Gasteiger partial charge in [0.1, 0.15) is 0 Å². The van der Waals surface area contributed by atoms with Crippen LogP contribution in [-0.2, 0) is 11.3 Å². The fourth-order valence-corrected chi connectivity index (χ4v) is 4.08. The molecule has 1 saturated heterocycles. The summed E-state index contributed by atoms with van der Waals surface area (Å²) < 4.78 is 5.91. The van der Waals surface area contributed by atoms with E-state index in [9.17, 15) is 0 Å². The number of hydrogen-bond acceptors (Lipinski definition) is 5. The Labute approximate surface area is 112 Å². The Morgan fingerprint density at radius 1 is 1.44 bits per heavy atom. The monoisotopic (exact) mass is 267 g/mol. The summed E-state index contributed by atoms with van der Waals surface area (Å²) in [4.78, 5) is 8.38. The maximum Gasteiger partial charge on any atom is 0.186 e. The average molecular weight is 267 g/mol. The van der Waals surface area contributed by atoms with Crippen molar-refractivity contribution in [2.75, 3.05) is 18.1 Å². The summed E-state index contributed by atoms with van der Waals surface area (Å²) in [6.07, 6.45) is 5.48. The summed E-state index contributed by atoms with van der Waals surface area (Å²) in [7, 11) is 0. The summed E-state index contributed by atoms with van der Waals surface area (Å²) in [5.41, 5.74) is 6.85. The molecule has 2 aliphatic rings. The van der Waals surface area contributed by atoms with Gasteiger partial charge >= 0.3 is 0 Å². The molecule has 3 rings (SSSR count). The van der Waals surface area contributed by atoms with Gasteiger partial charge in [-0.1, -0.05) is 12.8 Å². The van der Waals surface area contributed by atoms with E-state index in [1.54, 1.807) is 11.3 Å². The fraction of sp³-hybridized carbons (Fsp3) is 0.769. The van der Waals surface area contributed by atoms with E-state index in [2.05, 4.69) is 11.8 Å². The first-order valence-electron chi connectivity index (χ1n) is 6.84. The summed E-state index contributed by atoms with van der Waals surface area (Å²) in [5.74, 6) is 0. The highest BCUT2D eigenvalue weighted by atomic mass is 32.1. The number of nitrogens with zero attached hydrogens (tertiary/aromatic N) is 2. The van der Waals surface area contributed by atoms with Crippen LogP contribution in [0.15, 0.2) is 0 Å². The van der Waals surface area contributed by atoms with Gasteiger partial charge in [0, 0.05) is 18.0 Å². The molecule has 18 heavy (non-hydrogen) atoms. The molecule has 2 atom stereocenters. The van der Waals surface area contributed by atoms with Gasteiger partial charge in [-0.3, -0.25) is 0 Å². The number of aromatic nitrogens is 1. The normalized spacial score (nSPS) is 28.2. The summed E-state index contributed by atoms with van der Waals surface area (Å²) in [6.45, 7) is 4.46. The molecule has 1 aliphatic carbocycles. The Balaban J connectivity index is 1.84. The van der Waals surface area contributed by atoms with Crippen LogP contribution in [0.2, 0.25) is 0 Å². The molecule has 5 heteroatoms. The third kappa shape index (κ3) is 2.15. The number of anilines is 1. The van der Waals surface area contributed by atoms with Gasteiger partial charge in [0.15, 0.2) is 5.13 Å². The molecule has 0 aromatic carbocycles. The molecule has 0 spiro atoms. The quantitative estimate of drug-likeness (QED) is 0.891. The Bertz CT molecular complexity index is 418. The van der Waals surface area contributed by atoms with Crippen LogP contribution in [0, 0.1) is 6.92 Å². The van der Waals surface area contributed by atoms with Crippen molar-refractivity contribution < 1.29 is 4.74 Å². The zero-order valence-corrected chi connectivity index (χ0v) is 11.7. The molecule has 0 radical (unpaired) electrons. The molecular formula is C13H21N3OS. The Morgan fingerprint density at radius 2 is 2.28 bits per heavy atom. The Kier molecular flexibility index (Phi) is 3.54. The molecule has 2 fully saturated rings. The highest BCUT2D eigenvalue weighted by Crippen LogP contribution is 2.34. The molecule has 0 bridgehead atoms. The molecule has 1 saturated carbocycles. The van der Waals surface area contributed by atoms with Gasteiger partial charge in [0.25, 0.3) is 0 Å². The summed E-state index contributed by atoms with van der Waals surface area (Å²) in [5, 5.41) is 1.15. The van der Waals surface area contributed by atoms with Crippen LogP contribution >= 0.6 is 11.3 Å². The first kappa shape index (κ1) is 12.4. The van der Waals surface area contributed by atoms with Gasteiger partial charge in [0.2, 0.25) is 0 Å². The molecular weight excluding hydrogens is 246 g/mol. The second-order valence-corrected chi connectivity index (χ2v) is 6.23. The van der Waals surface area contributed by atoms with E-state index in [0.717, 1.165) is 24.0 Å². The zero-order valence-electron chi connectivity index (χ0n) is 10.9. The molecule has 1 aromatic heterocycles. The lowest BCUT2D eigenvalue weighted by Gasteiger charge is -2.43. The minimum Gasteiger partial charge on any atom is -0.374 e. The zero-order chi connectivity index (χ0) is 12.5. The number of hydrogen-bond donors (Lipinski definition) is 1. The SMILES string of the molecule is Cc1nc(N2CCOC3CCCCC32)sc1CN. The van der Waals surface area contributed by atoms with Crippen molar-refractivity contribution in [2.24, 2.45) is 5.73 Å². The lowest BCUT2D eigenvalue weighted by Crippen LogP contribution is -2.52. The topological polar surface area (TPSA) is 51.4 Å². The smallest absolute Gasteiger partial charge is 0.186 e. The predicted octanol–water partition coefficient (Wildman–Crippen LogP) is 2.06. The number of ether oxygens (including phenoxy) is 1. The van der Waals surface area contributed by atoms with Gasteiger partial charge in [-0.05, 0) is 19.8 Å². The van der Waals surface area contributed by atoms with Crippen molar-refractivity contribution in [2.45, 2.75) is 51.3 Å². The fourth-order valence-electron chi connectivity index (χ4n) is 3.06. The number of rotatable bonds is 2. The third-order valence-corrected chi connectivity index (χ3v) is 5.26. The number of aryl methyl sites for hydroxylation is 1. The van der Waals surface area contributed by atoms with E-state index in [1.807, 2.05) is 0 Å². The molecule has 2 heterocycles. The maximum absolute atomic E-state index is 5.91. The number of morpholine rings is 1. The van der Waals surface area contributed by atoms with Crippen LogP contribution in [0.3, 0.4) is 0 Å². The van der Waals surface area contributed by atoms with Gasteiger partial charge < -0.3 is 15.4 Å². The van der Waals surface area contributed by atoms with Crippen molar-refractivity contribution in [3.05, 3.63) is 10.6 Å². The number of nitrogens with two attached hydrogens (primary N) is 1. The molecule has 100 valence electrons. The average Bonchev–Trinajstić information content (AvgIpc) is 2.79. The lowest BCUT2D eigenvalue weighted by molar-refractivity contribution is -0.00869. The molecule has 2 unspecified atom stereocenters. The van der Waals surface area contributed by atoms with Gasteiger partial charge in [-0.25, -0.2) is 4.98 Å². The first-order chi connectivity index (χ1) is 8.79. The van der Waals surface area contributed by atoms with Crippen molar-refractivity contribution in [1.29, 1.82) is 0 Å². The Morgan fingerprint density at radius 3 is 3.06 bits per heavy atom.